The number of nitrogens with one attached hydrogen (secondary N) is 2. The highest BCUT2D eigenvalue weighted by Crippen LogP contribution is 2.23. The number of anilines is 1. The maximum Gasteiger partial charge on any atom is 0.329 e. The van der Waals surface area contributed by atoms with E-state index < -0.39 is 23.2 Å². The van der Waals surface area contributed by atoms with Gasteiger partial charge in [-0.2, -0.15) is 0 Å². The summed E-state index contributed by atoms with van der Waals surface area (Å²) in [5, 5.41) is 3.65. The van der Waals surface area contributed by atoms with E-state index in [0.717, 1.165) is 4.57 Å². The number of carbonyl (C=O) groups is 1. The number of fused-ring (bicyclic) bond motifs is 1. The molecule has 25 heavy (non-hydrogen) atoms. The smallest absolute Gasteiger partial charge is 0.324 e. The molecule has 0 radical (unpaired) electrons. The Morgan fingerprint density at radius 1 is 1.12 bits per heavy atom. The number of amides is 1. The number of nitrogens with zero attached hydrogens (tertiary/aromatic N) is 1. The lowest BCUT2D eigenvalue weighted by Crippen LogP contribution is -2.41. The van der Waals surface area contributed by atoms with E-state index in [-0.39, 0.29) is 0 Å². The molecule has 1 heterocycles. The highest BCUT2D eigenvalue weighted by Gasteiger charge is 2.20. The molecule has 0 bridgehead atoms. The van der Waals surface area contributed by atoms with Gasteiger partial charge in [0.2, 0.25) is 5.91 Å². The zero-order chi connectivity index (χ0) is 18.1. The quantitative estimate of drug-likeness (QED) is 0.734. The third kappa shape index (κ3) is 3.45. The molecule has 0 saturated heterocycles. The Labute approximate surface area is 152 Å². The van der Waals surface area contributed by atoms with Crippen molar-refractivity contribution < 1.29 is 4.79 Å². The van der Waals surface area contributed by atoms with E-state index in [4.69, 9.17) is 23.2 Å². The topological polar surface area (TPSA) is 84.0 Å². The number of para-hydroxylation sites is 1. The molecule has 1 amide bonds. The summed E-state index contributed by atoms with van der Waals surface area (Å²) in [6, 6.07) is 10.1. The first-order chi connectivity index (χ1) is 11.9. The van der Waals surface area contributed by atoms with Crippen LogP contribution in [0.25, 0.3) is 10.9 Å². The Morgan fingerprint density at radius 2 is 1.76 bits per heavy atom. The standard InChI is InChI=1S/C17H13Cl2N3O3/c1-9(15(23)20-12-7-10(18)6-11(19)8-12)22-16(24)13-4-2-3-5-14(13)21-17(22)25/h2-9H,1H3,(H,20,23)(H,21,25). The summed E-state index contributed by atoms with van der Waals surface area (Å²) in [5.41, 5.74) is -0.399. The molecule has 3 aromatic rings. The van der Waals surface area contributed by atoms with Crippen LogP contribution in [-0.2, 0) is 4.79 Å². The molecule has 2 aromatic carbocycles. The first-order valence-corrected chi connectivity index (χ1v) is 8.13. The van der Waals surface area contributed by atoms with Gasteiger partial charge in [0.15, 0.2) is 0 Å². The van der Waals surface area contributed by atoms with Gasteiger partial charge in [-0.15, -0.1) is 0 Å². The summed E-state index contributed by atoms with van der Waals surface area (Å²) in [4.78, 5) is 39.9. The summed E-state index contributed by atoms with van der Waals surface area (Å²) in [6.07, 6.45) is 0. The average Bonchev–Trinajstić information content (AvgIpc) is 2.53. The SMILES string of the molecule is CC(C(=O)Nc1cc(Cl)cc(Cl)c1)n1c(=O)[nH]c2ccccc2c1=O. The van der Waals surface area contributed by atoms with E-state index in [1.807, 2.05) is 0 Å². The number of rotatable bonds is 3. The zero-order valence-electron chi connectivity index (χ0n) is 13.0. The largest absolute Gasteiger partial charge is 0.329 e. The minimum absolute atomic E-state index is 0.326. The molecular weight excluding hydrogens is 365 g/mol. The van der Waals surface area contributed by atoms with Crippen molar-refractivity contribution in [3.8, 4) is 0 Å². The number of benzene rings is 2. The fourth-order valence-electron chi connectivity index (χ4n) is 2.52. The molecular formula is C17H13Cl2N3O3. The Balaban J connectivity index is 1.99. The first kappa shape index (κ1) is 17.3. The van der Waals surface area contributed by atoms with Crippen LogP contribution in [0.15, 0.2) is 52.1 Å². The van der Waals surface area contributed by atoms with Crippen LogP contribution in [0.2, 0.25) is 10.0 Å². The van der Waals surface area contributed by atoms with Crippen molar-refractivity contribution in [1.29, 1.82) is 0 Å². The molecule has 6 nitrogen and oxygen atoms in total. The van der Waals surface area contributed by atoms with Gasteiger partial charge in [0.1, 0.15) is 6.04 Å². The average molecular weight is 378 g/mol. The van der Waals surface area contributed by atoms with Gasteiger partial charge < -0.3 is 10.3 Å². The van der Waals surface area contributed by atoms with Crippen LogP contribution < -0.4 is 16.6 Å². The van der Waals surface area contributed by atoms with Crippen molar-refractivity contribution in [3.63, 3.8) is 0 Å². The minimum Gasteiger partial charge on any atom is -0.324 e. The van der Waals surface area contributed by atoms with Crippen molar-refractivity contribution in [2.45, 2.75) is 13.0 Å². The summed E-state index contributed by atoms with van der Waals surface area (Å²) in [6.45, 7) is 1.47. The van der Waals surface area contributed by atoms with E-state index in [1.165, 1.54) is 25.1 Å². The second-order valence-corrected chi connectivity index (χ2v) is 6.35. The highest BCUT2D eigenvalue weighted by atomic mass is 35.5. The summed E-state index contributed by atoms with van der Waals surface area (Å²) < 4.78 is 0.879. The van der Waals surface area contributed by atoms with Crippen molar-refractivity contribution in [1.82, 2.24) is 9.55 Å². The number of aromatic nitrogens is 2. The Kier molecular flexibility index (Phi) is 4.65. The predicted molar refractivity (Wildman–Crippen MR) is 98.6 cm³/mol. The lowest BCUT2D eigenvalue weighted by molar-refractivity contribution is -0.118. The highest BCUT2D eigenvalue weighted by molar-refractivity contribution is 6.35. The van der Waals surface area contributed by atoms with Crippen LogP contribution in [0.1, 0.15) is 13.0 Å². The summed E-state index contributed by atoms with van der Waals surface area (Å²) in [7, 11) is 0. The second kappa shape index (κ2) is 6.74. The van der Waals surface area contributed by atoms with Crippen LogP contribution in [0, 0.1) is 0 Å². The molecule has 8 heteroatoms. The Hall–Kier alpha value is -2.57. The van der Waals surface area contributed by atoms with Gasteiger partial charge in [-0.3, -0.25) is 9.59 Å². The van der Waals surface area contributed by atoms with E-state index in [1.54, 1.807) is 24.3 Å². The van der Waals surface area contributed by atoms with E-state index >= 15 is 0 Å². The van der Waals surface area contributed by atoms with Gasteiger partial charge >= 0.3 is 5.69 Å². The van der Waals surface area contributed by atoms with Crippen LogP contribution in [-0.4, -0.2) is 15.5 Å². The van der Waals surface area contributed by atoms with Crippen LogP contribution in [0.5, 0.6) is 0 Å². The van der Waals surface area contributed by atoms with Crippen molar-refractivity contribution in [3.05, 3.63) is 73.3 Å². The van der Waals surface area contributed by atoms with Gasteiger partial charge in [0.25, 0.3) is 5.56 Å². The number of hydrogen-bond donors (Lipinski definition) is 2. The molecule has 0 saturated carbocycles. The maximum atomic E-state index is 12.6. The maximum absolute atomic E-state index is 12.6. The second-order valence-electron chi connectivity index (χ2n) is 5.47. The molecule has 3 rings (SSSR count). The fraction of sp³-hybridized carbons (Fsp3) is 0.118. The summed E-state index contributed by atoms with van der Waals surface area (Å²) in [5.74, 6) is -0.541. The minimum atomic E-state index is -1.03. The molecule has 0 aliphatic rings. The third-order valence-corrected chi connectivity index (χ3v) is 4.17. The number of aromatic amines is 1. The van der Waals surface area contributed by atoms with Gasteiger partial charge in [0.05, 0.1) is 10.9 Å². The van der Waals surface area contributed by atoms with Crippen molar-refractivity contribution >= 4 is 45.7 Å². The third-order valence-electron chi connectivity index (χ3n) is 3.73. The Morgan fingerprint density at radius 3 is 2.44 bits per heavy atom. The van der Waals surface area contributed by atoms with E-state index in [2.05, 4.69) is 10.3 Å². The molecule has 0 spiro atoms. The van der Waals surface area contributed by atoms with Gasteiger partial charge in [0, 0.05) is 15.7 Å². The molecule has 0 aliphatic heterocycles. The van der Waals surface area contributed by atoms with Gasteiger partial charge in [-0.1, -0.05) is 35.3 Å². The van der Waals surface area contributed by atoms with Gasteiger partial charge in [-0.25, -0.2) is 9.36 Å². The molecule has 0 fully saturated rings. The fourth-order valence-corrected chi connectivity index (χ4v) is 3.04. The lowest BCUT2D eigenvalue weighted by atomic mass is 10.2. The summed E-state index contributed by atoms with van der Waals surface area (Å²) >= 11 is 11.8. The molecule has 0 aliphatic carbocycles. The number of hydrogen-bond acceptors (Lipinski definition) is 3. The van der Waals surface area contributed by atoms with Crippen LogP contribution >= 0.6 is 23.2 Å². The van der Waals surface area contributed by atoms with E-state index in [9.17, 15) is 14.4 Å². The molecule has 2 N–H and O–H groups in total. The molecule has 1 atom stereocenters. The predicted octanol–water partition coefficient (Wildman–Crippen LogP) is 3.20. The molecule has 1 aromatic heterocycles. The normalized spacial score (nSPS) is 12.1. The van der Waals surface area contributed by atoms with Crippen molar-refractivity contribution in [2.24, 2.45) is 0 Å². The van der Waals surface area contributed by atoms with Crippen molar-refractivity contribution in [2.75, 3.05) is 5.32 Å². The number of halogens is 2. The van der Waals surface area contributed by atoms with Crippen LogP contribution in [0.3, 0.4) is 0 Å². The van der Waals surface area contributed by atoms with Gasteiger partial charge in [-0.05, 0) is 37.3 Å². The molecule has 1 unspecified atom stereocenters. The Bertz CT molecular complexity index is 1070. The zero-order valence-corrected chi connectivity index (χ0v) is 14.6. The number of H-pyrrole nitrogens is 1. The lowest BCUT2D eigenvalue weighted by Gasteiger charge is -2.15. The molecule has 128 valence electrons. The first-order valence-electron chi connectivity index (χ1n) is 7.37. The van der Waals surface area contributed by atoms with Crippen LogP contribution in [0.4, 0.5) is 5.69 Å². The number of carbonyl (C=O) groups excluding carboxylic acids is 1. The monoisotopic (exact) mass is 377 g/mol. The van der Waals surface area contributed by atoms with E-state index in [0.29, 0.717) is 26.6 Å².